The number of aromatic nitrogens is 1. The number of anilines is 1. The summed E-state index contributed by atoms with van der Waals surface area (Å²) in [6.45, 7) is 1.02. The highest BCUT2D eigenvalue weighted by atomic mass is 32.1. The van der Waals surface area contributed by atoms with Gasteiger partial charge in [0.15, 0.2) is 5.13 Å². The van der Waals surface area contributed by atoms with Crippen LogP contribution in [-0.2, 0) is 17.6 Å². The lowest BCUT2D eigenvalue weighted by Crippen LogP contribution is -2.31. The summed E-state index contributed by atoms with van der Waals surface area (Å²) < 4.78 is 4.84. The van der Waals surface area contributed by atoms with E-state index in [0.29, 0.717) is 18.3 Å². The molecule has 1 heterocycles. The summed E-state index contributed by atoms with van der Waals surface area (Å²) in [7, 11) is 1.60. The molecule has 0 atom stereocenters. The van der Waals surface area contributed by atoms with Crippen LogP contribution in [0.4, 0.5) is 9.93 Å². The molecule has 0 radical (unpaired) electrons. The maximum absolute atomic E-state index is 11.4. The van der Waals surface area contributed by atoms with Crippen LogP contribution in [0.2, 0.25) is 0 Å². The minimum absolute atomic E-state index is 0.218. The van der Waals surface area contributed by atoms with Gasteiger partial charge in [-0.2, -0.15) is 0 Å². The lowest BCUT2D eigenvalue weighted by Gasteiger charge is -2.04. The van der Waals surface area contributed by atoms with Crippen LogP contribution in [-0.4, -0.2) is 31.3 Å². The van der Waals surface area contributed by atoms with Crippen LogP contribution in [0.5, 0.6) is 0 Å². The fourth-order valence-electron chi connectivity index (χ4n) is 1.65. The van der Waals surface area contributed by atoms with E-state index >= 15 is 0 Å². The molecule has 6 heteroatoms. The highest BCUT2D eigenvalue weighted by molar-refractivity contribution is 7.15. The largest absolute Gasteiger partial charge is 0.383 e. The van der Waals surface area contributed by atoms with E-state index < -0.39 is 0 Å². The number of amides is 2. The minimum Gasteiger partial charge on any atom is -0.383 e. The molecule has 1 aromatic rings. The molecule has 2 rings (SSSR count). The molecule has 0 aliphatic heterocycles. The molecule has 5 nitrogen and oxygen atoms in total. The number of hydrogen-bond donors (Lipinski definition) is 2. The Morgan fingerprint density at radius 1 is 1.56 bits per heavy atom. The first-order valence-corrected chi connectivity index (χ1v) is 6.13. The number of nitrogens with one attached hydrogen (secondary N) is 2. The Balaban J connectivity index is 1.82. The molecule has 1 aromatic heterocycles. The molecule has 0 fully saturated rings. The predicted octanol–water partition coefficient (Wildman–Crippen LogP) is 1.40. The number of aryl methyl sites for hydroxylation is 2. The predicted molar refractivity (Wildman–Crippen MR) is 63.0 cm³/mol. The summed E-state index contributed by atoms with van der Waals surface area (Å²) in [6.07, 6.45) is 3.33. The first kappa shape index (κ1) is 11.3. The van der Waals surface area contributed by atoms with Crippen LogP contribution >= 0.6 is 11.3 Å². The number of thiazole rings is 1. The van der Waals surface area contributed by atoms with Crippen molar-refractivity contribution in [2.24, 2.45) is 0 Å². The number of carbonyl (C=O) groups is 1. The van der Waals surface area contributed by atoms with Gasteiger partial charge in [0.25, 0.3) is 0 Å². The monoisotopic (exact) mass is 241 g/mol. The molecular formula is C10H15N3O2S. The quantitative estimate of drug-likeness (QED) is 0.783. The molecule has 2 N–H and O–H groups in total. The number of hydrogen-bond acceptors (Lipinski definition) is 4. The minimum atomic E-state index is -0.218. The van der Waals surface area contributed by atoms with Crippen molar-refractivity contribution in [2.45, 2.75) is 19.3 Å². The zero-order valence-corrected chi connectivity index (χ0v) is 10.0. The topological polar surface area (TPSA) is 63.2 Å². The van der Waals surface area contributed by atoms with E-state index in [-0.39, 0.29) is 6.03 Å². The zero-order valence-electron chi connectivity index (χ0n) is 9.21. The smallest absolute Gasteiger partial charge is 0.321 e. The van der Waals surface area contributed by atoms with Gasteiger partial charge in [0.1, 0.15) is 0 Å². The maximum atomic E-state index is 11.4. The van der Waals surface area contributed by atoms with Crippen molar-refractivity contribution >= 4 is 22.5 Å². The van der Waals surface area contributed by atoms with Crippen LogP contribution in [0.1, 0.15) is 17.0 Å². The second-order valence-electron chi connectivity index (χ2n) is 3.62. The maximum Gasteiger partial charge on any atom is 0.321 e. The van der Waals surface area contributed by atoms with Gasteiger partial charge < -0.3 is 10.1 Å². The molecule has 1 aliphatic rings. The Morgan fingerprint density at radius 2 is 2.44 bits per heavy atom. The van der Waals surface area contributed by atoms with Crippen LogP contribution in [0, 0.1) is 0 Å². The molecule has 0 unspecified atom stereocenters. The summed E-state index contributed by atoms with van der Waals surface area (Å²) in [6, 6.07) is -0.218. The number of methoxy groups -OCH3 is 1. The van der Waals surface area contributed by atoms with Gasteiger partial charge in [-0.1, -0.05) is 0 Å². The highest BCUT2D eigenvalue weighted by Gasteiger charge is 2.17. The van der Waals surface area contributed by atoms with Crippen molar-refractivity contribution in [1.82, 2.24) is 10.3 Å². The molecule has 0 saturated heterocycles. The molecular weight excluding hydrogens is 226 g/mol. The van der Waals surface area contributed by atoms with Gasteiger partial charge in [-0.05, 0) is 19.3 Å². The van der Waals surface area contributed by atoms with E-state index in [0.717, 1.165) is 18.5 Å². The van der Waals surface area contributed by atoms with E-state index in [4.69, 9.17) is 4.74 Å². The van der Waals surface area contributed by atoms with Gasteiger partial charge in [-0.25, -0.2) is 9.78 Å². The van der Waals surface area contributed by atoms with Crippen molar-refractivity contribution < 1.29 is 9.53 Å². The summed E-state index contributed by atoms with van der Waals surface area (Å²) in [5, 5.41) is 6.11. The Morgan fingerprint density at radius 3 is 3.19 bits per heavy atom. The molecule has 0 bridgehead atoms. The summed E-state index contributed by atoms with van der Waals surface area (Å²) in [5.41, 5.74) is 1.15. The first-order chi connectivity index (χ1) is 7.79. The van der Waals surface area contributed by atoms with Gasteiger partial charge >= 0.3 is 6.03 Å². The number of ether oxygens (including phenoxy) is 1. The van der Waals surface area contributed by atoms with Crippen LogP contribution in [0.25, 0.3) is 0 Å². The van der Waals surface area contributed by atoms with E-state index in [1.54, 1.807) is 18.4 Å². The first-order valence-electron chi connectivity index (χ1n) is 5.32. The van der Waals surface area contributed by atoms with Crippen LogP contribution < -0.4 is 10.6 Å². The zero-order chi connectivity index (χ0) is 11.4. The summed E-state index contributed by atoms with van der Waals surface area (Å²) in [4.78, 5) is 17.1. The number of rotatable bonds is 4. The third-order valence-corrected chi connectivity index (χ3v) is 3.48. The number of fused-ring (bicyclic) bond motifs is 1. The molecule has 88 valence electrons. The lowest BCUT2D eigenvalue weighted by molar-refractivity contribution is 0.198. The fraction of sp³-hybridized carbons (Fsp3) is 0.600. The molecule has 0 spiro atoms. The summed E-state index contributed by atoms with van der Waals surface area (Å²) in [5.74, 6) is 0. The van der Waals surface area contributed by atoms with Gasteiger partial charge in [0.05, 0.1) is 12.3 Å². The van der Waals surface area contributed by atoms with Gasteiger partial charge in [-0.15, -0.1) is 11.3 Å². The lowest BCUT2D eigenvalue weighted by atomic mass is 10.4. The average Bonchev–Trinajstić information content (AvgIpc) is 2.78. The van der Waals surface area contributed by atoms with E-state index in [9.17, 15) is 4.79 Å². The van der Waals surface area contributed by atoms with Gasteiger partial charge in [0, 0.05) is 18.5 Å². The van der Waals surface area contributed by atoms with Crippen molar-refractivity contribution in [3.8, 4) is 0 Å². The second-order valence-corrected chi connectivity index (χ2v) is 4.70. The SMILES string of the molecule is COCCNC(=O)Nc1nc2c(s1)CCC2. The molecule has 16 heavy (non-hydrogen) atoms. The van der Waals surface area contributed by atoms with Gasteiger partial charge in [-0.3, -0.25) is 5.32 Å². The fourth-order valence-corrected chi connectivity index (χ4v) is 2.70. The average molecular weight is 241 g/mol. The summed E-state index contributed by atoms with van der Waals surface area (Å²) >= 11 is 1.58. The molecule has 1 aliphatic carbocycles. The number of carbonyl (C=O) groups excluding carboxylic acids is 1. The normalized spacial score (nSPS) is 13.6. The van der Waals surface area contributed by atoms with Crippen LogP contribution in [0.15, 0.2) is 0 Å². The van der Waals surface area contributed by atoms with Crippen molar-refractivity contribution in [3.05, 3.63) is 10.6 Å². The van der Waals surface area contributed by atoms with E-state index in [1.165, 1.54) is 11.3 Å². The van der Waals surface area contributed by atoms with E-state index in [2.05, 4.69) is 15.6 Å². The molecule has 0 saturated carbocycles. The number of urea groups is 1. The Bertz CT molecular complexity index is 357. The van der Waals surface area contributed by atoms with Crippen molar-refractivity contribution in [1.29, 1.82) is 0 Å². The van der Waals surface area contributed by atoms with Crippen molar-refractivity contribution in [2.75, 3.05) is 25.6 Å². The third-order valence-electron chi connectivity index (χ3n) is 2.41. The van der Waals surface area contributed by atoms with Crippen LogP contribution in [0.3, 0.4) is 0 Å². The van der Waals surface area contributed by atoms with E-state index in [1.807, 2.05) is 0 Å². The standard InChI is InChI=1S/C10H15N3O2S/c1-15-6-5-11-9(14)13-10-12-7-3-2-4-8(7)16-10/h2-6H2,1H3,(H2,11,12,13,14). The Hall–Kier alpha value is -1.14. The highest BCUT2D eigenvalue weighted by Crippen LogP contribution is 2.30. The van der Waals surface area contributed by atoms with Crippen molar-refractivity contribution in [3.63, 3.8) is 0 Å². The second kappa shape index (κ2) is 5.27. The van der Waals surface area contributed by atoms with Gasteiger partial charge in [0.2, 0.25) is 0 Å². The Labute approximate surface area is 98.2 Å². The molecule has 2 amide bonds. The molecule has 0 aromatic carbocycles. The number of nitrogens with zero attached hydrogens (tertiary/aromatic N) is 1. The third kappa shape index (κ3) is 2.70. The Kier molecular flexibility index (Phi) is 3.74.